The fourth-order valence-corrected chi connectivity index (χ4v) is 4.14. The number of amides is 2. The van der Waals surface area contributed by atoms with Gasteiger partial charge in [0.25, 0.3) is 11.8 Å². The average Bonchev–Trinajstić information content (AvgIpc) is 3.28. The van der Waals surface area contributed by atoms with Gasteiger partial charge in [-0.2, -0.15) is 5.10 Å². The summed E-state index contributed by atoms with van der Waals surface area (Å²) >= 11 is 0. The first-order valence-electron chi connectivity index (χ1n) is 11.1. The van der Waals surface area contributed by atoms with Crippen LogP contribution in [0.4, 0.5) is 21.6 Å². The summed E-state index contributed by atoms with van der Waals surface area (Å²) < 4.78 is 16.5. The van der Waals surface area contributed by atoms with Crippen LogP contribution in [0.25, 0.3) is 0 Å². The molecule has 1 aromatic heterocycles. The number of fused-ring (bicyclic) bond motifs is 1. The van der Waals surface area contributed by atoms with E-state index in [2.05, 4.69) is 21.0 Å². The highest BCUT2D eigenvalue weighted by Crippen LogP contribution is 2.38. The lowest BCUT2D eigenvalue weighted by molar-refractivity contribution is -0.113. The summed E-state index contributed by atoms with van der Waals surface area (Å²) in [6.07, 6.45) is 1.42. The third kappa shape index (κ3) is 4.29. The number of aromatic nitrogens is 2. The molecule has 3 N–H and O–H groups in total. The highest BCUT2D eigenvalue weighted by atomic mass is 19.1. The first-order valence-corrected chi connectivity index (χ1v) is 11.1. The number of halogens is 1. The van der Waals surface area contributed by atoms with Crippen LogP contribution >= 0.6 is 0 Å². The number of rotatable bonds is 5. The van der Waals surface area contributed by atoms with Crippen LogP contribution in [0, 0.1) is 5.82 Å². The van der Waals surface area contributed by atoms with Crippen LogP contribution in [0.5, 0.6) is 0 Å². The van der Waals surface area contributed by atoms with Crippen molar-refractivity contribution in [2.75, 3.05) is 16.0 Å². The summed E-state index contributed by atoms with van der Waals surface area (Å²) in [7, 11) is 0. The van der Waals surface area contributed by atoms with Gasteiger partial charge in [-0.25, -0.2) is 9.07 Å². The Morgan fingerprint density at radius 1 is 0.857 bits per heavy atom. The van der Waals surface area contributed by atoms with Crippen LogP contribution in [-0.4, -0.2) is 21.6 Å². The van der Waals surface area contributed by atoms with Crippen molar-refractivity contribution >= 4 is 29.0 Å². The quantitative estimate of drug-likeness (QED) is 0.376. The highest BCUT2D eigenvalue weighted by Gasteiger charge is 2.36. The minimum atomic E-state index is -0.880. The third-order valence-corrected chi connectivity index (χ3v) is 5.78. The molecule has 0 saturated carbocycles. The lowest BCUT2D eigenvalue weighted by Crippen LogP contribution is -2.32. The van der Waals surface area contributed by atoms with Gasteiger partial charge >= 0.3 is 0 Å². The molecule has 0 fully saturated rings. The zero-order valence-corrected chi connectivity index (χ0v) is 18.8. The van der Waals surface area contributed by atoms with E-state index in [1.807, 2.05) is 36.4 Å². The lowest BCUT2D eigenvalue weighted by Gasteiger charge is -2.30. The summed E-state index contributed by atoms with van der Waals surface area (Å²) in [6.45, 7) is 1.73. The van der Waals surface area contributed by atoms with Crippen molar-refractivity contribution in [2.45, 2.75) is 13.0 Å². The number of nitrogens with one attached hydrogen (secondary N) is 3. The molecule has 7 nitrogen and oxygen atoms in total. The first-order chi connectivity index (χ1) is 17.0. The van der Waals surface area contributed by atoms with E-state index in [1.54, 1.807) is 49.4 Å². The van der Waals surface area contributed by atoms with Gasteiger partial charge < -0.3 is 16.0 Å². The largest absolute Gasteiger partial charge is 0.343 e. The van der Waals surface area contributed by atoms with Crippen LogP contribution in [-0.2, 0) is 4.79 Å². The van der Waals surface area contributed by atoms with Gasteiger partial charge in [-0.1, -0.05) is 54.6 Å². The second-order valence-electron chi connectivity index (χ2n) is 8.08. The molecule has 1 atom stereocenters. The van der Waals surface area contributed by atoms with Gasteiger partial charge in [-0.3, -0.25) is 9.59 Å². The minimum Gasteiger partial charge on any atom is -0.343 e. The highest BCUT2D eigenvalue weighted by molar-refractivity contribution is 6.09. The number of hydrogen-bond acceptors (Lipinski definition) is 4. The van der Waals surface area contributed by atoms with Gasteiger partial charge in [-0.15, -0.1) is 0 Å². The Bertz CT molecular complexity index is 1430. The topological polar surface area (TPSA) is 88.0 Å². The van der Waals surface area contributed by atoms with Gasteiger partial charge in [0.2, 0.25) is 0 Å². The number of anilines is 3. The standard InChI is InChI=1S/C27H22FN5O2/c1-17-23(27(35)32-19-12-6-3-7-13-19)24(20-14-8-9-15-22(20)28)33-25(30-17)21(16-29-33)26(34)31-18-10-4-2-5-11-18/h2-16,24,30H,1H3,(H,31,34)(H,32,35)/t24-/m0/s1. The minimum absolute atomic E-state index is 0.269. The number of hydrogen-bond donors (Lipinski definition) is 3. The van der Waals surface area contributed by atoms with E-state index < -0.39 is 17.8 Å². The number of carbonyl (C=O) groups is 2. The Morgan fingerprint density at radius 3 is 2.06 bits per heavy atom. The van der Waals surface area contributed by atoms with Crippen LogP contribution in [0.3, 0.4) is 0 Å². The van der Waals surface area contributed by atoms with Crippen molar-refractivity contribution in [1.82, 2.24) is 9.78 Å². The molecule has 0 radical (unpaired) electrons. The summed E-state index contributed by atoms with van der Waals surface area (Å²) in [5, 5.41) is 13.3. The van der Waals surface area contributed by atoms with Gasteiger partial charge in [0, 0.05) is 22.6 Å². The molecular formula is C27H22FN5O2. The maximum Gasteiger partial charge on any atom is 0.261 e. The average molecular weight is 468 g/mol. The molecule has 0 saturated heterocycles. The van der Waals surface area contributed by atoms with Gasteiger partial charge in [0.1, 0.15) is 23.2 Å². The van der Waals surface area contributed by atoms with Crippen LogP contribution in [0.15, 0.2) is 102 Å². The van der Waals surface area contributed by atoms with E-state index >= 15 is 4.39 Å². The normalized spacial score (nSPS) is 14.6. The van der Waals surface area contributed by atoms with Crippen LogP contribution in [0.1, 0.15) is 28.9 Å². The molecule has 1 aliphatic heterocycles. The van der Waals surface area contributed by atoms with Crippen molar-refractivity contribution in [3.05, 3.63) is 119 Å². The molecule has 174 valence electrons. The molecule has 0 bridgehead atoms. The molecule has 2 heterocycles. The van der Waals surface area contributed by atoms with Gasteiger partial charge in [-0.05, 0) is 37.3 Å². The number of para-hydroxylation sites is 2. The molecular weight excluding hydrogens is 445 g/mol. The van der Waals surface area contributed by atoms with E-state index in [4.69, 9.17) is 0 Å². The predicted molar refractivity (Wildman–Crippen MR) is 133 cm³/mol. The Labute approximate surface area is 201 Å². The number of carbonyl (C=O) groups excluding carboxylic acids is 2. The van der Waals surface area contributed by atoms with E-state index in [9.17, 15) is 9.59 Å². The SMILES string of the molecule is CC1=C(C(=O)Nc2ccccc2)[C@H](c2ccccc2F)n2ncc(C(=O)Nc3ccccc3)c2N1. The van der Waals surface area contributed by atoms with Crippen LogP contribution < -0.4 is 16.0 Å². The molecule has 4 aromatic rings. The molecule has 0 aliphatic carbocycles. The van der Waals surface area contributed by atoms with Gasteiger partial charge in [0.15, 0.2) is 0 Å². The summed E-state index contributed by atoms with van der Waals surface area (Å²) in [5.74, 6) is -0.873. The third-order valence-electron chi connectivity index (χ3n) is 5.78. The zero-order chi connectivity index (χ0) is 24.4. The Kier molecular flexibility index (Phi) is 5.85. The Hall–Kier alpha value is -4.72. The second-order valence-corrected chi connectivity index (χ2v) is 8.08. The van der Waals surface area contributed by atoms with Crippen molar-refractivity contribution in [1.29, 1.82) is 0 Å². The molecule has 0 spiro atoms. The number of allylic oxidation sites excluding steroid dienone is 1. The fourth-order valence-electron chi connectivity index (χ4n) is 4.14. The zero-order valence-electron chi connectivity index (χ0n) is 18.8. The van der Waals surface area contributed by atoms with Crippen molar-refractivity contribution in [3.63, 3.8) is 0 Å². The van der Waals surface area contributed by atoms with Crippen LogP contribution in [0.2, 0.25) is 0 Å². The molecule has 5 rings (SSSR count). The fraction of sp³-hybridized carbons (Fsp3) is 0.0741. The second kappa shape index (κ2) is 9.26. The molecule has 2 amide bonds. The van der Waals surface area contributed by atoms with E-state index in [0.717, 1.165) is 0 Å². The molecule has 0 unspecified atom stereocenters. The molecule has 1 aliphatic rings. The lowest BCUT2D eigenvalue weighted by atomic mass is 9.94. The smallest absolute Gasteiger partial charge is 0.261 e. The maximum absolute atomic E-state index is 15.0. The Balaban J connectivity index is 1.56. The maximum atomic E-state index is 15.0. The Morgan fingerprint density at radius 2 is 1.43 bits per heavy atom. The molecule has 35 heavy (non-hydrogen) atoms. The number of nitrogens with zero attached hydrogens (tertiary/aromatic N) is 2. The van der Waals surface area contributed by atoms with E-state index in [0.29, 0.717) is 28.5 Å². The molecule has 3 aromatic carbocycles. The monoisotopic (exact) mass is 467 g/mol. The van der Waals surface area contributed by atoms with Crippen molar-refractivity contribution < 1.29 is 14.0 Å². The van der Waals surface area contributed by atoms with Gasteiger partial charge in [0.05, 0.1) is 11.8 Å². The van der Waals surface area contributed by atoms with E-state index in [-0.39, 0.29) is 17.0 Å². The summed E-state index contributed by atoms with van der Waals surface area (Å²) in [5.41, 5.74) is 2.58. The van der Waals surface area contributed by atoms with E-state index in [1.165, 1.54) is 16.9 Å². The van der Waals surface area contributed by atoms with Crippen molar-refractivity contribution in [2.24, 2.45) is 0 Å². The molecule has 8 heteroatoms. The summed E-state index contributed by atoms with van der Waals surface area (Å²) in [6, 6.07) is 23.4. The first kappa shape index (κ1) is 22.1. The summed E-state index contributed by atoms with van der Waals surface area (Å²) in [4.78, 5) is 26.5. The van der Waals surface area contributed by atoms with Crippen molar-refractivity contribution in [3.8, 4) is 0 Å². The predicted octanol–water partition coefficient (Wildman–Crippen LogP) is 5.20. The number of benzene rings is 3.